The highest BCUT2D eigenvalue weighted by Gasteiger charge is 2.10. The van der Waals surface area contributed by atoms with E-state index in [0.29, 0.717) is 21.0 Å². The summed E-state index contributed by atoms with van der Waals surface area (Å²) in [4.78, 5) is 17.1. The van der Waals surface area contributed by atoms with Crippen molar-refractivity contribution < 1.29 is 9.84 Å². The zero-order valence-electron chi connectivity index (χ0n) is 11.5. The number of hydrogen-bond acceptors (Lipinski definition) is 5. The molecule has 2 aromatic heterocycles. The molecule has 0 spiro atoms. The van der Waals surface area contributed by atoms with Crippen molar-refractivity contribution in [1.29, 1.82) is 0 Å². The number of nitrogens with zero attached hydrogens (tertiary/aromatic N) is 2. The summed E-state index contributed by atoms with van der Waals surface area (Å²) in [5.41, 5.74) is -0.156. The van der Waals surface area contributed by atoms with Crippen molar-refractivity contribution >= 4 is 33.2 Å². The largest absolute Gasteiger partial charge is 0.491 e. The van der Waals surface area contributed by atoms with E-state index in [-0.39, 0.29) is 18.7 Å². The maximum Gasteiger partial charge on any atom is 0.262 e. The predicted octanol–water partition coefficient (Wildman–Crippen LogP) is 2.55. The van der Waals surface area contributed by atoms with Crippen LogP contribution in [-0.2, 0) is 6.54 Å². The van der Waals surface area contributed by atoms with E-state index in [2.05, 4.69) is 4.98 Å². The third-order valence-corrected chi connectivity index (χ3v) is 4.19. The van der Waals surface area contributed by atoms with Gasteiger partial charge in [-0.3, -0.25) is 9.36 Å². The highest BCUT2D eigenvalue weighted by atomic mass is 35.5. The molecule has 1 unspecified atom stereocenters. The lowest BCUT2D eigenvalue weighted by atomic mass is 10.3. The summed E-state index contributed by atoms with van der Waals surface area (Å²) in [6.07, 6.45) is 0.637. The zero-order chi connectivity index (χ0) is 15.5. The van der Waals surface area contributed by atoms with Gasteiger partial charge in [0, 0.05) is 5.02 Å². The lowest BCUT2D eigenvalue weighted by Gasteiger charge is -2.13. The van der Waals surface area contributed by atoms with Crippen LogP contribution in [0, 0.1) is 0 Å². The molecule has 22 heavy (non-hydrogen) atoms. The summed E-state index contributed by atoms with van der Waals surface area (Å²) in [6.45, 7) is 0.209. The van der Waals surface area contributed by atoms with Gasteiger partial charge in [0.2, 0.25) is 0 Å². The molecule has 0 saturated carbocycles. The van der Waals surface area contributed by atoms with Gasteiger partial charge in [0.05, 0.1) is 18.3 Å². The Morgan fingerprint density at radius 1 is 1.32 bits per heavy atom. The van der Waals surface area contributed by atoms with E-state index in [1.54, 1.807) is 30.3 Å². The van der Waals surface area contributed by atoms with E-state index in [4.69, 9.17) is 16.3 Å². The number of aliphatic hydroxyl groups is 1. The third-order valence-electron chi connectivity index (χ3n) is 3.11. The van der Waals surface area contributed by atoms with E-state index >= 15 is 0 Å². The Labute approximate surface area is 135 Å². The number of hydrogen-bond donors (Lipinski definition) is 1. The van der Waals surface area contributed by atoms with Gasteiger partial charge >= 0.3 is 0 Å². The monoisotopic (exact) mass is 336 g/mol. The van der Waals surface area contributed by atoms with Gasteiger partial charge in [-0.2, -0.15) is 0 Å². The van der Waals surface area contributed by atoms with Crippen LogP contribution in [0.15, 0.2) is 46.8 Å². The van der Waals surface area contributed by atoms with Crippen LogP contribution in [0.4, 0.5) is 0 Å². The van der Waals surface area contributed by atoms with E-state index in [1.807, 2.05) is 5.38 Å². The number of halogens is 1. The molecule has 0 aliphatic heterocycles. The summed E-state index contributed by atoms with van der Waals surface area (Å²) >= 11 is 7.20. The molecular formula is C15H13ClN2O3S. The second kappa shape index (κ2) is 6.48. The zero-order valence-corrected chi connectivity index (χ0v) is 13.0. The minimum absolute atomic E-state index is 0.0791. The average molecular weight is 337 g/mol. The Bertz CT molecular complexity index is 829. The van der Waals surface area contributed by atoms with E-state index < -0.39 is 6.10 Å². The first kappa shape index (κ1) is 15.0. The van der Waals surface area contributed by atoms with Crippen LogP contribution in [0.3, 0.4) is 0 Å². The topological polar surface area (TPSA) is 64.4 Å². The van der Waals surface area contributed by atoms with Crippen LogP contribution in [0.5, 0.6) is 5.75 Å². The second-order valence-electron chi connectivity index (χ2n) is 4.76. The van der Waals surface area contributed by atoms with Gasteiger partial charge in [-0.25, -0.2) is 4.98 Å². The van der Waals surface area contributed by atoms with Crippen LogP contribution in [0.25, 0.3) is 10.2 Å². The fourth-order valence-corrected chi connectivity index (χ4v) is 2.88. The first-order valence-electron chi connectivity index (χ1n) is 6.62. The molecule has 7 heteroatoms. The molecule has 1 N–H and O–H groups in total. The molecule has 0 bridgehead atoms. The number of fused-ring (bicyclic) bond motifs is 1. The summed E-state index contributed by atoms with van der Waals surface area (Å²) in [6, 6.07) is 8.60. The second-order valence-corrected chi connectivity index (χ2v) is 6.09. The molecule has 0 fully saturated rings. The van der Waals surface area contributed by atoms with Crippen LogP contribution in [0.1, 0.15) is 0 Å². The van der Waals surface area contributed by atoms with Crippen molar-refractivity contribution in [2.24, 2.45) is 0 Å². The van der Waals surface area contributed by atoms with Crippen molar-refractivity contribution in [3.63, 3.8) is 0 Å². The van der Waals surface area contributed by atoms with Crippen molar-refractivity contribution in [2.45, 2.75) is 12.6 Å². The Kier molecular flexibility index (Phi) is 4.42. The van der Waals surface area contributed by atoms with E-state index in [1.165, 1.54) is 22.2 Å². The summed E-state index contributed by atoms with van der Waals surface area (Å²) in [7, 11) is 0. The van der Waals surface area contributed by atoms with Crippen molar-refractivity contribution in [2.75, 3.05) is 6.61 Å². The Hall–Kier alpha value is -1.89. The molecular weight excluding hydrogens is 324 g/mol. The standard InChI is InChI=1S/C15H13ClN2O3S/c16-10-1-3-12(4-2-10)21-8-11(19)7-18-9-17-14-13(15(18)20)5-6-22-14/h1-6,9,11,19H,7-8H2. The Morgan fingerprint density at radius 3 is 2.86 bits per heavy atom. The number of aliphatic hydroxyl groups excluding tert-OH is 1. The smallest absolute Gasteiger partial charge is 0.262 e. The lowest BCUT2D eigenvalue weighted by Crippen LogP contribution is -2.30. The van der Waals surface area contributed by atoms with Crippen LogP contribution in [0.2, 0.25) is 5.02 Å². The molecule has 0 aliphatic carbocycles. The van der Waals surface area contributed by atoms with Crippen molar-refractivity contribution in [3.8, 4) is 5.75 Å². The predicted molar refractivity (Wildman–Crippen MR) is 86.8 cm³/mol. The van der Waals surface area contributed by atoms with E-state index in [9.17, 15) is 9.90 Å². The van der Waals surface area contributed by atoms with Gasteiger partial charge in [0.15, 0.2) is 0 Å². The number of aromatic nitrogens is 2. The Balaban J connectivity index is 1.65. The highest BCUT2D eigenvalue weighted by molar-refractivity contribution is 7.16. The molecule has 5 nitrogen and oxygen atoms in total. The maximum absolute atomic E-state index is 12.2. The summed E-state index contributed by atoms with van der Waals surface area (Å²) < 4.78 is 6.86. The molecule has 3 aromatic rings. The molecule has 0 saturated heterocycles. The van der Waals surface area contributed by atoms with Crippen LogP contribution in [-0.4, -0.2) is 27.4 Å². The molecule has 0 aliphatic rings. The molecule has 1 aromatic carbocycles. The molecule has 114 valence electrons. The molecule has 3 rings (SSSR count). The molecule has 0 radical (unpaired) electrons. The number of thiophene rings is 1. The minimum atomic E-state index is -0.814. The average Bonchev–Trinajstić information content (AvgIpc) is 2.99. The first-order chi connectivity index (χ1) is 10.6. The van der Waals surface area contributed by atoms with Gasteiger partial charge in [0.1, 0.15) is 23.3 Å². The van der Waals surface area contributed by atoms with Gasteiger partial charge in [-0.05, 0) is 35.7 Å². The maximum atomic E-state index is 12.2. The van der Waals surface area contributed by atoms with Crippen LogP contribution < -0.4 is 10.3 Å². The number of ether oxygens (including phenoxy) is 1. The SMILES string of the molecule is O=c1c2ccsc2ncn1CC(O)COc1ccc(Cl)cc1. The molecule has 1 atom stereocenters. The number of rotatable bonds is 5. The number of benzene rings is 1. The first-order valence-corrected chi connectivity index (χ1v) is 7.88. The van der Waals surface area contributed by atoms with Gasteiger partial charge in [-0.15, -0.1) is 11.3 Å². The highest BCUT2D eigenvalue weighted by Crippen LogP contribution is 2.16. The Morgan fingerprint density at radius 2 is 2.09 bits per heavy atom. The van der Waals surface area contributed by atoms with Gasteiger partial charge in [-0.1, -0.05) is 11.6 Å². The summed E-state index contributed by atoms with van der Waals surface area (Å²) in [5.74, 6) is 0.613. The fraction of sp³-hybridized carbons (Fsp3) is 0.200. The molecule has 0 amide bonds. The van der Waals surface area contributed by atoms with Gasteiger partial charge < -0.3 is 9.84 Å². The normalized spacial score (nSPS) is 12.5. The van der Waals surface area contributed by atoms with Crippen LogP contribution >= 0.6 is 22.9 Å². The van der Waals surface area contributed by atoms with Crippen molar-refractivity contribution in [1.82, 2.24) is 9.55 Å². The summed E-state index contributed by atoms with van der Waals surface area (Å²) in [5, 5.41) is 13.0. The molecule has 2 heterocycles. The van der Waals surface area contributed by atoms with Gasteiger partial charge in [0.25, 0.3) is 5.56 Å². The van der Waals surface area contributed by atoms with E-state index in [0.717, 1.165) is 0 Å². The quantitative estimate of drug-likeness (QED) is 0.777. The lowest BCUT2D eigenvalue weighted by molar-refractivity contribution is 0.0915. The van der Waals surface area contributed by atoms with Crippen molar-refractivity contribution in [3.05, 3.63) is 57.4 Å². The minimum Gasteiger partial charge on any atom is -0.491 e. The fourth-order valence-electron chi connectivity index (χ4n) is 2.03. The third kappa shape index (κ3) is 3.30.